The molecule has 33 heavy (non-hydrogen) atoms. The summed E-state index contributed by atoms with van der Waals surface area (Å²) < 4.78 is 10.9. The number of aliphatic hydroxyl groups is 1. The largest absolute Gasteiger partial charge is 0.497 e. The Balaban J connectivity index is 1.32. The van der Waals surface area contributed by atoms with Crippen LogP contribution in [-0.2, 0) is 11.3 Å². The number of methoxy groups -OCH3 is 1. The van der Waals surface area contributed by atoms with Crippen molar-refractivity contribution in [3.05, 3.63) is 101 Å². The summed E-state index contributed by atoms with van der Waals surface area (Å²) in [6, 6.07) is 25.0. The van der Waals surface area contributed by atoms with Crippen LogP contribution in [0.2, 0.25) is 0 Å². The van der Waals surface area contributed by atoms with E-state index >= 15 is 0 Å². The molecule has 2 aromatic carbocycles. The smallest absolute Gasteiger partial charge is 0.122 e. The van der Waals surface area contributed by atoms with Crippen LogP contribution in [0, 0.1) is 0 Å². The number of benzene rings is 2. The fourth-order valence-electron chi connectivity index (χ4n) is 4.35. The molecular formula is C28H32N2O3. The first-order valence-corrected chi connectivity index (χ1v) is 11.5. The van der Waals surface area contributed by atoms with Gasteiger partial charge in [-0.2, -0.15) is 0 Å². The first kappa shape index (κ1) is 23.2. The Bertz CT molecular complexity index is 986. The molecule has 1 aromatic heterocycles. The summed E-state index contributed by atoms with van der Waals surface area (Å²) in [6.07, 6.45) is 3.18. The number of likely N-dealkylation sites (tertiary alicyclic amines) is 1. The molecule has 1 saturated heterocycles. The minimum absolute atomic E-state index is 0.289. The summed E-state index contributed by atoms with van der Waals surface area (Å²) in [5.41, 5.74) is 6.17. The van der Waals surface area contributed by atoms with E-state index in [4.69, 9.17) is 9.47 Å². The molecule has 0 amide bonds. The number of aromatic nitrogens is 1. The molecule has 172 valence electrons. The zero-order chi connectivity index (χ0) is 22.9. The molecule has 2 heterocycles. The van der Waals surface area contributed by atoms with Crippen molar-refractivity contribution in [1.82, 2.24) is 9.88 Å². The predicted molar refractivity (Wildman–Crippen MR) is 131 cm³/mol. The molecule has 1 unspecified atom stereocenters. The van der Waals surface area contributed by atoms with Crippen molar-refractivity contribution in [3.8, 4) is 5.75 Å². The fraction of sp³-hybridized carbons (Fsp3) is 0.321. The van der Waals surface area contributed by atoms with E-state index < -0.39 is 6.10 Å². The van der Waals surface area contributed by atoms with Crippen molar-refractivity contribution in [2.45, 2.75) is 25.6 Å². The highest BCUT2D eigenvalue weighted by molar-refractivity contribution is 5.82. The van der Waals surface area contributed by atoms with E-state index in [1.807, 2.05) is 6.07 Å². The number of hydrogen-bond acceptors (Lipinski definition) is 5. The van der Waals surface area contributed by atoms with Crippen LogP contribution < -0.4 is 4.74 Å². The first-order chi connectivity index (χ1) is 16.2. The van der Waals surface area contributed by atoms with Crippen LogP contribution in [0.3, 0.4) is 0 Å². The molecule has 5 heteroatoms. The third kappa shape index (κ3) is 6.51. The van der Waals surface area contributed by atoms with Crippen molar-refractivity contribution in [3.63, 3.8) is 0 Å². The van der Waals surface area contributed by atoms with E-state index in [1.54, 1.807) is 19.4 Å². The van der Waals surface area contributed by atoms with Gasteiger partial charge in [-0.05, 0) is 35.6 Å². The van der Waals surface area contributed by atoms with Crippen LogP contribution in [0.5, 0.6) is 5.75 Å². The van der Waals surface area contributed by atoms with E-state index in [1.165, 1.54) is 22.3 Å². The van der Waals surface area contributed by atoms with Gasteiger partial charge < -0.3 is 19.5 Å². The molecule has 0 bridgehead atoms. The highest BCUT2D eigenvalue weighted by Gasteiger charge is 2.21. The van der Waals surface area contributed by atoms with Gasteiger partial charge in [0, 0.05) is 31.9 Å². The van der Waals surface area contributed by atoms with Crippen LogP contribution in [0.4, 0.5) is 0 Å². The van der Waals surface area contributed by atoms with Gasteiger partial charge in [-0.25, -0.2) is 0 Å². The molecule has 0 saturated carbocycles. The van der Waals surface area contributed by atoms with Crippen LogP contribution in [0.15, 0.2) is 84.6 Å². The molecule has 0 spiro atoms. The maximum absolute atomic E-state index is 10.5. The summed E-state index contributed by atoms with van der Waals surface area (Å²) in [7, 11) is 1.63. The van der Waals surface area contributed by atoms with Crippen molar-refractivity contribution in [1.29, 1.82) is 0 Å². The van der Waals surface area contributed by atoms with Gasteiger partial charge in [-0.3, -0.25) is 4.98 Å². The average Bonchev–Trinajstić information content (AvgIpc) is 2.87. The first-order valence-electron chi connectivity index (χ1n) is 11.5. The summed E-state index contributed by atoms with van der Waals surface area (Å²) in [6.45, 7) is 3.14. The van der Waals surface area contributed by atoms with Crippen molar-refractivity contribution < 1.29 is 14.6 Å². The van der Waals surface area contributed by atoms with Gasteiger partial charge in [0.2, 0.25) is 0 Å². The van der Waals surface area contributed by atoms with Gasteiger partial charge in [-0.1, -0.05) is 66.2 Å². The van der Waals surface area contributed by atoms with Gasteiger partial charge in [0.25, 0.3) is 0 Å². The minimum atomic E-state index is -0.524. The molecule has 4 rings (SSSR count). The number of aliphatic hydroxyl groups excluding tert-OH is 1. The van der Waals surface area contributed by atoms with Gasteiger partial charge in [-0.15, -0.1) is 0 Å². The maximum Gasteiger partial charge on any atom is 0.122 e. The standard InChI is InChI=1S/C28H32N2O3/c1-32-27-12-15-29-25(18-27)20-33-21-26(31)19-30-16-13-24(14-17-30)28(22-8-4-2-5-9-22)23-10-6-3-7-11-23/h2-12,15,18,26,31H,13-14,16-17,19-21H2,1H3. The summed E-state index contributed by atoms with van der Waals surface area (Å²) >= 11 is 0. The van der Waals surface area contributed by atoms with Gasteiger partial charge >= 0.3 is 0 Å². The van der Waals surface area contributed by atoms with Crippen LogP contribution >= 0.6 is 0 Å². The fourth-order valence-corrected chi connectivity index (χ4v) is 4.35. The monoisotopic (exact) mass is 444 g/mol. The zero-order valence-corrected chi connectivity index (χ0v) is 19.2. The molecule has 1 atom stereocenters. The van der Waals surface area contributed by atoms with E-state index in [2.05, 4.69) is 70.5 Å². The Morgan fingerprint density at radius 2 is 1.61 bits per heavy atom. The molecule has 5 nitrogen and oxygen atoms in total. The SMILES string of the molecule is COc1ccnc(COCC(O)CN2CCC(=C(c3ccccc3)c3ccccc3)CC2)c1. The molecule has 1 fully saturated rings. The third-order valence-electron chi connectivity index (χ3n) is 5.99. The third-order valence-corrected chi connectivity index (χ3v) is 5.99. The Morgan fingerprint density at radius 3 is 2.21 bits per heavy atom. The second kappa shape index (κ2) is 11.8. The number of piperidine rings is 1. The lowest BCUT2D eigenvalue weighted by atomic mass is 9.88. The Hall–Kier alpha value is -2.99. The number of rotatable bonds is 9. The molecule has 0 aliphatic carbocycles. The summed E-state index contributed by atoms with van der Waals surface area (Å²) in [5, 5.41) is 10.5. The zero-order valence-electron chi connectivity index (χ0n) is 19.2. The number of nitrogens with zero attached hydrogens (tertiary/aromatic N) is 2. The van der Waals surface area contributed by atoms with Gasteiger partial charge in [0.05, 0.1) is 32.1 Å². The molecule has 0 radical (unpaired) electrons. The second-order valence-electron chi connectivity index (χ2n) is 8.37. The molecular weight excluding hydrogens is 412 g/mol. The van der Waals surface area contributed by atoms with Crippen LogP contribution in [0.25, 0.3) is 5.57 Å². The second-order valence-corrected chi connectivity index (χ2v) is 8.37. The van der Waals surface area contributed by atoms with E-state index in [0.717, 1.165) is 37.4 Å². The topological polar surface area (TPSA) is 54.8 Å². The predicted octanol–water partition coefficient (Wildman–Crippen LogP) is 4.57. The van der Waals surface area contributed by atoms with E-state index in [9.17, 15) is 5.11 Å². The van der Waals surface area contributed by atoms with Crippen LogP contribution in [0.1, 0.15) is 29.7 Å². The summed E-state index contributed by atoms with van der Waals surface area (Å²) in [4.78, 5) is 6.60. The summed E-state index contributed by atoms with van der Waals surface area (Å²) in [5.74, 6) is 0.756. The maximum atomic E-state index is 10.5. The van der Waals surface area contributed by atoms with Crippen molar-refractivity contribution in [2.75, 3.05) is 33.4 Å². The highest BCUT2D eigenvalue weighted by atomic mass is 16.5. The minimum Gasteiger partial charge on any atom is -0.497 e. The number of hydrogen-bond donors (Lipinski definition) is 1. The molecule has 1 aliphatic heterocycles. The van der Waals surface area contributed by atoms with E-state index in [-0.39, 0.29) is 6.61 Å². The molecule has 3 aromatic rings. The van der Waals surface area contributed by atoms with E-state index in [0.29, 0.717) is 13.2 Å². The lowest BCUT2D eigenvalue weighted by molar-refractivity contribution is 0.00783. The number of ether oxygens (including phenoxy) is 2. The lowest BCUT2D eigenvalue weighted by Crippen LogP contribution is -2.38. The van der Waals surface area contributed by atoms with Crippen molar-refractivity contribution >= 4 is 5.57 Å². The Kier molecular flexibility index (Phi) is 8.25. The quantitative estimate of drug-likeness (QED) is 0.524. The number of pyridine rings is 1. The average molecular weight is 445 g/mol. The lowest BCUT2D eigenvalue weighted by Gasteiger charge is -2.31. The Labute approximate surface area is 196 Å². The van der Waals surface area contributed by atoms with Gasteiger partial charge in [0.1, 0.15) is 5.75 Å². The Morgan fingerprint density at radius 1 is 0.970 bits per heavy atom. The molecule has 1 N–H and O–H groups in total. The number of β-amino-alcohol motifs (C(OH)–C–C–N with tert-alkyl or cyclic N) is 1. The van der Waals surface area contributed by atoms with Crippen molar-refractivity contribution in [2.24, 2.45) is 0 Å². The molecule has 1 aliphatic rings. The van der Waals surface area contributed by atoms with Gasteiger partial charge in [0.15, 0.2) is 0 Å². The van der Waals surface area contributed by atoms with Crippen LogP contribution in [-0.4, -0.2) is 54.4 Å². The normalized spacial score (nSPS) is 15.3. The highest BCUT2D eigenvalue weighted by Crippen LogP contribution is 2.32.